The van der Waals surface area contributed by atoms with Gasteiger partial charge in [0, 0.05) is 55.5 Å². The Bertz CT molecular complexity index is 3460. The number of aromatic nitrogens is 3. The van der Waals surface area contributed by atoms with Crippen LogP contribution in [0.25, 0.3) is 110 Å². The predicted octanol–water partition coefficient (Wildman–Crippen LogP) is 14.2. The van der Waals surface area contributed by atoms with Crippen molar-refractivity contribution >= 4 is 65.6 Å². The lowest BCUT2D eigenvalue weighted by Gasteiger charge is -2.11. The maximum atomic E-state index is 6.45. The molecule has 0 radical (unpaired) electrons. The van der Waals surface area contributed by atoms with Crippen LogP contribution in [0.3, 0.4) is 0 Å². The first-order chi connectivity index (χ1) is 28.3. The molecule has 4 heterocycles. The van der Waals surface area contributed by atoms with Crippen LogP contribution >= 0.6 is 0 Å². The zero-order valence-corrected chi connectivity index (χ0v) is 30.8. The van der Waals surface area contributed by atoms with Gasteiger partial charge >= 0.3 is 0 Å². The summed E-state index contributed by atoms with van der Waals surface area (Å²) in [4.78, 5) is 4.70. The van der Waals surface area contributed by atoms with Gasteiger partial charge in [-0.15, -0.1) is 0 Å². The van der Waals surface area contributed by atoms with Gasteiger partial charge in [-0.25, -0.2) is 0 Å². The lowest BCUT2D eigenvalue weighted by molar-refractivity contribution is 0.669. The first kappa shape index (κ1) is 31.6. The number of hydrogen-bond donors (Lipinski definition) is 0. The van der Waals surface area contributed by atoms with Crippen molar-refractivity contribution < 1.29 is 4.42 Å². The minimum Gasteiger partial charge on any atom is -0.456 e. The van der Waals surface area contributed by atoms with Crippen molar-refractivity contribution in [3.63, 3.8) is 0 Å². The van der Waals surface area contributed by atoms with E-state index in [0.717, 1.165) is 66.8 Å². The molecule has 0 saturated carbocycles. The summed E-state index contributed by atoms with van der Waals surface area (Å²) in [5.41, 5.74) is 15.4. The van der Waals surface area contributed by atoms with Crippen LogP contribution in [-0.2, 0) is 0 Å². The predicted molar refractivity (Wildman–Crippen MR) is 237 cm³/mol. The molecule has 8 aromatic carbocycles. The van der Waals surface area contributed by atoms with Gasteiger partial charge in [-0.2, -0.15) is 0 Å². The van der Waals surface area contributed by atoms with Gasteiger partial charge < -0.3 is 13.6 Å². The van der Waals surface area contributed by atoms with Gasteiger partial charge in [-0.05, 0) is 113 Å². The van der Waals surface area contributed by atoms with E-state index in [1.807, 2.05) is 18.3 Å². The van der Waals surface area contributed by atoms with Gasteiger partial charge in [0.2, 0.25) is 0 Å². The summed E-state index contributed by atoms with van der Waals surface area (Å²) in [6.45, 7) is 0. The summed E-state index contributed by atoms with van der Waals surface area (Å²) in [6.07, 6.45) is 1.86. The van der Waals surface area contributed by atoms with Crippen LogP contribution in [0.15, 0.2) is 205 Å². The minimum atomic E-state index is 0.881. The lowest BCUT2D eigenvalue weighted by Crippen LogP contribution is -1.93. The third-order valence-corrected chi connectivity index (χ3v) is 11.6. The molecule has 12 rings (SSSR count). The Hall–Kier alpha value is -7.69. The van der Waals surface area contributed by atoms with Crippen LogP contribution in [0, 0.1) is 0 Å². The zero-order chi connectivity index (χ0) is 37.5. The van der Waals surface area contributed by atoms with Gasteiger partial charge in [0.1, 0.15) is 11.2 Å². The first-order valence-corrected chi connectivity index (χ1v) is 19.4. The quantitative estimate of drug-likeness (QED) is 0.177. The molecule has 0 fully saturated rings. The highest BCUT2D eigenvalue weighted by Crippen LogP contribution is 2.41. The minimum absolute atomic E-state index is 0.881. The zero-order valence-electron chi connectivity index (χ0n) is 30.8. The van der Waals surface area contributed by atoms with Crippen molar-refractivity contribution in [2.75, 3.05) is 0 Å². The van der Waals surface area contributed by atoms with Crippen molar-refractivity contribution in [3.05, 3.63) is 200 Å². The molecule has 4 aromatic heterocycles. The highest BCUT2D eigenvalue weighted by atomic mass is 16.3. The monoisotopic (exact) mass is 727 g/mol. The van der Waals surface area contributed by atoms with Crippen molar-refractivity contribution in [2.24, 2.45) is 0 Å². The number of hydrogen-bond acceptors (Lipinski definition) is 2. The second kappa shape index (κ2) is 12.4. The number of benzene rings is 8. The van der Waals surface area contributed by atoms with E-state index in [1.165, 1.54) is 43.6 Å². The number of nitrogens with zero attached hydrogens (tertiary/aromatic N) is 3. The largest absolute Gasteiger partial charge is 0.456 e. The highest BCUT2D eigenvalue weighted by molar-refractivity contribution is 6.13. The molecule has 0 aliphatic carbocycles. The second-order valence-corrected chi connectivity index (χ2v) is 14.8. The molecule has 0 aliphatic heterocycles. The summed E-state index contributed by atoms with van der Waals surface area (Å²) in [5.74, 6) is 0. The fraction of sp³-hybridized carbons (Fsp3) is 0. The van der Waals surface area contributed by atoms with Gasteiger partial charge in [-0.1, -0.05) is 103 Å². The molecule has 0 spiro atoms. The highest BCUT2D eigenvalue weighted by Gasteiger charge is 2.18. The van der Waals surface area contributed by atoms with Crippen LogP contribution in [0.1, 0.15) is 0 Å². The Labute approximate surface area is 328 Å². The molecule has 12 aromatic rings. The number of para-hydroxylation sites is 3. The fourth-order valence-corrected chi connectivity index (χ4v) is 8.99. The van der Waals surface area contributed by atoms with Crippen molar-refractivity contribution in [3.8, 4) is 44.9 Å². The van der Waals surface area contributed by atoms with Crippen molar-refractivity contribution in [1.29, 1.82) is 0 Å². The molecule has 0 saturated heterocycles. The summed E-state index contributed by atoms with van der Waals surface area (Å²) >= 11 is 0. The molecule has 0 aliphatic rings. The van der Waals surface area contributed by atoms with Crippen molar-refractivity contribution in [1.82, 2.24) is 14.1 Å². The Balaban J connectivity index is 1.04. The van der Waals surface area contributed by atoms with Gasteiger partial charge in [0.25, 0.3) is 0 Å². The Morgan fingerprint density at radius 2 is 0.860 bits per heavy atom. The average Bonchev–Trinajstić information content (AvgIpc) is 3.93. The van der Waals surface area contributed by atoms with E-state index in [-0.39, 0.29) is 0 Å². The molecule has 0 amide bonds. The van der Waals surface area contributed by atoms with Gasteiger partial charge in [0.15, 0.2) is 0 Å². The molecular weight excluding hydrogens is 695 g/mol. The summed E-state index contributed by atoms with van der Waals surface area (Å²) < 4.78 is 11.2. The number of rotatable bonds is 5. The molecule has 0 atom stereocenters. The van der Waals surface area contributed by atoms with Gasteiger partial charge in [0.05, 0.1) is 27.8 Å². The third-order valence-electron chi connectivity index (χ3n) is 11.6. The van der Waals surface area contributed by atoms with Gasteiger partial charge in [-0.3, -0.25) is 4.98 Å². The van der Waals surface area contributed by atoms with E-state index in [1.54, 1.807) is 0 Å². The first-order valence-electron chi connectivity index (χ1n) is 19.4. The van der Waals surface area contributed by atoms with Crippen molar-refractivity contribution in [2.45, 2.75) is 0 Å². The Morgan fingerprint density at radius 3 is 1.58 bits per heavy atom. The fourth-order valence-electron chi connectivity index (χ4n) is 8.99. The standard InChI is InChI=1S/C53H33N3O/c1-2-12-37(13-3-1)55-50-25-21-34(30-43(50)44-32-36(22-26-51(44)55)39-14-4-5-15-40(39)47-18-10-11-29-54-47)35-23-27-52-45(31-35)46-33-38(24-28-53(46)57-52)56-48-19-8-6-16-41(48)42-17-7-9-20-49(42)56/h1-33H. The second-order valence-electron chi connectivity index (χ2n) is 14.8. The van der Waals surface area contributed by atoms with E-state index in [0.29, 0.717) is 0 Å². The topological polar surface area (TPSA) is 35.9 Å². The number of pyridine rings is 1. The molecule has 0 N–H and O–H groups in total. The molecule has 4 heteroatoms. The maximum Gasteiger partial charge on any atom is 0.135 e. The molecule has 0 unspecified atom stereocenters. The summed E-state index contributed by atoms with van der Waals surface area (Å²) in [5, 5.41) is 7.11. The van der Waals surface area contributed by atoms with E-state index in [4.69, 9.17) is 9.40 Å². The summed E-state index contributed by atoms with van der Waals surface area (Å²) in [7, 11) is 0. The van der Waals surface area contributed by atoms with E-state index in [9.17, 15) is 0 Å². The lowest BCUT2D eigenvalue weighted by atomic mass is 9.95. The van der Waals surface area contributed by atoms with Crippen LogP contribution in [0.5, 0.6) is 0 Å². The smallest absolute Gasteiger partial charge is 0.135 e. The summed E-state index contributed by atoms with van der Waals surface area (Å²) in [6, 6.07) is 69.5. The molecular formula is C53H33N3O. The van der Waals surface area contributed by atoms with Crippen LogP contribution in [0.4, 0.5) is 0 Å². The SMILES string of the molecule is c1ccc(-n2c3ccc(-c4ccc5oc6ccc(-n7c8ccccc8c8ccccc87)cc6c5c4)cc3c3cc(-c4ccccc4-c4ccccn4)ccc32)cc1. The van der Waals surface area contributed by atoms with E-state index < -0.39 is 0 Å². The average molecular weight is 728 g/mol. The number of fused-ring (bicyclic) bond motifs is 9. The molecule has 57 heavy (non-hydrogen) atoms. The van der Waals surface area contributed by atoms with Crippen LogP contribution in [-0.4, -0.2) is 14.1 Å². The van der Waals surface area contributed by atoms with E-state index in [2.05, 4.69) is 191 Å². The Morgan fingerprint density at radius 1 is 0.333 bits per heavy atom. The van der Waals surface area contributed by atoms with Crippen LogP contribution in [0.2, 0.25) is 0 Å². The number of furan rings is 1. The maximum absolute atomic E-state index is 6.45. The molecule has 0 bridgehead atoms. The van der Waals surface area contributed by atoms with Crippen LogP contribution < -0.4 is 0 Å². The Kier molecular flexibility index (Phi) is 6.89. The normalized spacial score (nSPS) is 11.9. The van der Waals surface area contributed by atoms with E-state index >= 15 is 0 Å². The molecule has 266 valence electrons. The molecule has 4 nitrogen and oxygen atoms in total. The third kappa shape index (κ3) is 4.91.